The number of piperazine rings is 1. The SMILES string of the molecule is Cc1nn(C)c(N2CCN(C)C(=O)C2(C)C)c1N. The van der Waals surface area contributed by atoms with Crippen LogP contribution < -0.4 is 10.6 Å². The Bertz CT molecular complexity index is 491. The van der Waals surface area contributed by atoms with E-state index in [0.29, 0.717) is 12.2 Å². The third-order valence-corrected chi connectivity index (χ3v) is 3.70. The molecule has 18 heavy (non-hydrogen) atoms. The predicted octanol–water partition coefficient (Wildman–Crippen LogP) is 0.368. The molecule has 1 aromatic rings. The summed E-state index contributed by atoms with van der Waals surface area (Å²) in [6.45, 7) is 7.19. The zero-order valence-corrected chi connectivity index (χ0v) is 11.7. The normalized spacial score (nSPS) is 19.5. The number of nitrogen functional groups attached to an aromatic ring is 1. The zero-order valence-electron chi connectivity index (χ0n) is 11.7. The molecule has 0 bridgehead atoms. The van der Waals surface area contributed by atoms with Gasteiger partial charge in [-0.25, -0.2) is 0 Å². The first kappa shape index (κ1) is 12.7. The zero-order chi connectivity index (χ0) is 13.7. The fourth-order valence-electron chi connectivity index (χ4n) is 2.57. The molecule has 0 spiro atoms. The van der Waals surface area contributed by atoms with Crippen molar-refractivity contribution in [2.75, 3.05) is 30.8 Å². The number of hydrogen-bond donors (Lipinski definition) is 1. The molecule has 0 atom stereocenters. The number of hydrogen-bond acceptors (Lipinski definition) is 4. The van der Waals surface area contributed by atoms with Crippen molar-refractivity contribution in [3.8, 4) is 0 Å². The molecule has 1 fully saturated rings. The summed E-state index contributed by atoms with van der Waals surface area (Å²) in [5.41, 5.74) is 6.95. The van der Waals surface area contributed by atoms with E-state index in [1.165, 1.54) is 0 Å². The Hall–Kier alpha value is -1.72. The van der Waals surface area contributed by atoms with Gasteiger partial charge in [-0.3, -0.25) is 9.48 Å². The first-order chi connectivity index (χ1) is 8.26. The number of nitrogens with zero attached hydrogens (tertiary/aromatic N) is 4. The number of amides is 1. The van der Waals surface area contributed by atoms with Gasteiger partial charge in [-0.1, -0.05) is 0 Å². The molecule has 0 aromatic carbocycles. The molecule has 1 aromatic heterocycles. The lowest BCUT2D eigenvalue weighted by Crippen LogP contribution is -2.62. The molecule has 6 nitrogen and oxygen atoms in total. The van der Waals surface area contributed by atoms with Crippen LogP contribution in [0.4, 0.5) is 11.5 Å². The maximum absolute atomic E-state index is 12.3. The fraction of sp³-hybridized carbons (Fsp3) is 0.667. The molecule has 2 rings (SSSR count). The van der Waals surface area contributed by atoms with Crippen molar-refractivity contribution >= 4 is 17.4 Å². The second-order valence-corrected chi connectivity index (χ2v) is 5.38. The average Bonchev–Trinajstić information content (AvgIpc) is 2.52. The molecule has 0 saturated carbocycles. The van der Waals surface area contributed by atoms with E-state index in [0.717, 1.165) is 18.1 Å². The molecule has 1 aliphatic rings. The standard InChI is InChI=1S/C12H21N5O/c1-8-9(13)10(16(5)14-8)17-7-6-15(4)11(18)12(17,2)3/h6-7,13H2,1-5H3. The lowest BCUT2D eigenvalue weighted by atomic mass is 9.97. The molecule has 2 N–H and O–H groups in total. The monoisotopic (exact) mass is 251 g/mol. The largest absolute Gasteiger partial charge is 0.394 e. The maximum atomic E-state index is 12.3. The number of nitrogens with two attached hydrogens (primary N) is 1. The Balaban J connectivity index is 2.48. The predicted molar refractivity (Wildman–Crippen MR) is 71.4 cm³/mol. The van der Waals surface area contributed by atoms with Crippen LogP contribution >= 0.6 is 0 Å². The van der Waals surface area contributed by atoms with Gasteiger partial charge in [-0.15, -0.1) is 0 Å². The van der Waals surface area contributed by atoms with Gasteiger partial charge in [0.2, 0.25) is 5.91 Å². The summed E-state index contributed by atoms with van der Waals surface area (Å²) in [4.78, 5) is 16.1. The Morgan fingerprint density at radius 2 is 1.89 bits per heavy atom. The van der Waals surface area contributed by atoms with Gasteiger partial charge in [0.05, 0.1) is 11.4 Å². The minimum Gasteiger partial charge on any atom is -0.394 e. The van der Waals surface area contributed by atoms with Crippen molar-refractivity contribution in [1.29, 1.82) is 0 Å². The lowest BCUT2D eigenvalue weighted by molar-refractivity contribution is -0.136. The van der Waals surface area contributed by atoms with Crippen molar-refractivity contribution in [1.82, 2.24) is 14.7 Å². The average molecular weight is 251 g/mol. The smallest absolute Gasteiger partial charge is 0.247 e. The Morgan fingerprint density at radius 3 is 2.39 bits per heavy atom. The third-order valence-electron chi connectivity index (χ3n) is 3.70. The summed E-state index contributed by atoms with van der Waals surface area (Å²) in [6, 6.07) is 0. The lowest BCUT2D eigenvalue weighted by Gasteiger charge is -2.45. The van der Waals surface area contributed by atoms with Gasteiger partial charge in [0.15, 0.2) is 5.82 Å². The highest BCUT2D eigenvalue weighted by Crippen LogP contribution is 2.33. The van der Waals surface area contributed by atoms with Crippen LogP contribution in [0.15, 0.2) is 0 Å². The van der Waals surface area contributed by atoms with E-state index in [2.05, 4.69) is 5.10 Å². The van der Waals surface area contributed by atoms with Crippen LogP contribution in [0.25, 0.3) is 0 Å². The van der Waals surface area contributed by atoms with Gasteiger partial charge in [0.25, 0.3) is 0 Å². The molecule has 0 aliphatic carbocycles. The summed E-state index contributed by atoms with van der Waals surface area (Å²) >= 11 is 0. The summed E-state index contributed by atoms with van der Waals surface area (Å²) in [6.07, 6.45) is 0. The molecule has 0 radical (unpaired) electrons. The van der Waals surface area contributed by atoms with Gasteiger partial charge in [0, 0.05) is 27.2 Å². The summed E-state index contributed by atoms with van der Waals surface area (Å²) in [5.74, 6) is 0.936. The highest BCUT2D eigenvalue weighted by Gasteiger charge is 2.42. The van der Waals surface area contributed by atoms with Crippen molar-refractivity contribution in [3.63, 3.8) is 0 Å². The van der Waals surface area contributed by atoms with Crippen molar-refractivity contribution in [2.24, 2.45) is 7.05 Å². The van der Waals surface area contributed by atoms with E-state index in [9.17, 15) is 4.79 Å². The fourth-order valence-corrected chi connectivity index (χ4v) is 2.57. The minimum atomic E-state index is -0.596. The first-order valence-electron chi connectivity index (χ1n) is 6.09. The van der Waals surface area contributed by atoms with Crippen LogP contribution in [-0.2, 0) is 11.8 Å². The molecule has 100 valence electrons. The second-order valence-electron chi connectivity index (χ2n) is 5.38. The highest BCUT2D eigenvalue weighted by molar-refractivity contribution is 5.91. The molecule has 2 heterocycles. The van der Waals surface area contributed by atoms with E-state index in [1.54, 1.807) is 9.58 Å². The van der Waals surface area contributed by atoms with E-state index in [-0.39, 0.29) is 5.91 Å². The van der Waals surface area contributed by atoms with Crippen LogP contribution in [0, 0.1) is 6.92 Å². The Kier molecular flexibility index (Phi) is 2.76. The molecule has 6 heteroatoms. The van der Waals surface area contributed by atoms with Crippen LogP contribution in [-0.4, -0.2) is 46.3 Å². The van der Waals surface area contributed by atoms with E-state index >= 15 is 0 Å². The molecule has 0 unspecified atom stereocenters. The van der Waals surface area contributed by atoms with Gasteiger partial charge in [-0.2, -0.15) is 5.10 Å². The van der Waals surface area contributed by atoms with Gasteiger partial charge in [0.1, 0.15) is 5.54 Å². The van der Waals surface area contributed by atoms with Gasteiger partial charge in [-0.05, 0) is 20.8 Å². The molecule has 1 aliphatic heterocycles. The van der Waals surface area contributed by atoms with Crippen LogP contribution in [0.2, 0.25) is 0 Å². The number of anilines is 2. The maximum Gasteiger partial charge on any atom is 0.247 e. The molecular weight excluding hydrogens is 230 g/mol. The first-order valence-corrected chi connectivity index (χ1v) is 6.09. The number of likely N-dealkylation sites (N-methyl/N-ethyl adjacent to an activating group) is 1. The van der Waals surface area contributed by atoms with E-state index < -0.39 is 5.54 Å². The number of aryl methyl sites for hydroxylation is 2. The third kappa shape index (κ3) is 1.63. The quantitative estimate of drug-likeness (QED) is 0.783. The number of carbonyl (C=O) groups is 1. The number of aromatic nitrogens is 2. The summed E-state index contributed by atoms with van der Waals surface area (Å²) in [7, 11) is 3.69. The summed E-state index contributed by atoms with van der Waals surface area (Å²) < 4.78 is 1.75. The van der Waals surface area contributed by atoms with Crippen molar-refractivity contribution < 1.29 is 4.79 Å². The second kappa shape index (κ2) is 3.90. The van der Waals surface area contributed by atoms with E-state index in [1.807, 2.05) is 39.8 Å². The molecular formula is C12H21N5O. The minimum absolute atomic E-state index is 0.104. The summed E-state index contributed by atoms with van der Waals surface area (Å²) in [5, 5.41) is 4.32. The van der Waals surface area contributed by atoms with Gasteiger partial charge >= 0.3 is 0 Å². The highest BCUT2D eigenvalue weighted by atomic mass is 16.2. The van der Waals surface area contributed by atoms with Crippen molar-refractivity contribution in [2.45, 2.75) is 26.3 Å². The van der Waals surface area contributed by atoms with Crippen LogP contribution in [0.5, 0.6) is 0 Å². The molecule has 1 amide bonds. The van der Waals surface area contributed by atoms with Crippen LogP contribution in [0.3, 0.4) is 0 Å². The van der Waals surface area contributed by atoms with E-state index in [4.69, 9.17) is 5.73 Å². The van der Waals surface area contributed by atoms with Gasteiger partial charge < -0.3 is 15.5 Å². The Labute approximate surface area is 107 Å². The topological polar surface area (TPSA) is 67.4 Å². The van der Waals surface area contributed by atoms with Crippen molar-refractivity contribution in [3.05, 3.63) is 5.69 Å². The molecule has 1 saturated heterocycles. The Morgan fingerprint density at radius 1 is 1.28 bits per heavy atom. The number of rotatable bonds is 1. The number of carbonyl (C=O) groups excluding carboxylic acids is 1. The van der Waals surface area contributed by atoms with Crippen LogP contribution in [0.1, 0.15) is 19.5 Å².